The van der Waals surface area contributed by atoms with Crippen molar-refractivity contribution in [1.29, 1.82) is 0 Å². The van der Waals surface area contributed by atoms with Crippen LogP contribution in [-0.2, 0) is 6.42 Å². The van der Waals surface area contributed by atoms with E-state index in [9.17, 15) is 9.90 Å². The normalized spacial score (nSPS) is 10.6. The highest BCUT2D eigenvalue weighted by Crippen LogP contribution is 2.19. The van der Waals surface area contributed by atoms with Gasteiger partial charge in [-0.15, -0.1) is 0 Å². The number of phenols is 1. The number of hydrogen-bond acceptors (Lipinski definition) is 4. The first kappa shape index (κ1) is 16.8. The van der Waals surface area contributed by atoms with Gasteiger partial charge in [-0.2, -0.15) is 0 Å². The molecule has 0 fully saturated rings. The first-order chi connectivity index (χ1) is 12.1. The summed E-state index contributed by atoms with van der Waals surface area (Å²) in [5, 5.41) is 16.0. The lowest BCUT2D eigenvalue weighted by atomic mass is 10.1. The number of aromatic hydroxyl groups is 1. The molecule has 0 aliphatic carbocycles. The van der Waals surface area contributed by atoms with Gasteiger partial charge in [-0.05, 0) is 37.5 Å². The molecule has 5 nitrogen and oxygen atoms in total. The molecule has 0 saturated carbocycles. The van der Waals surface area contributed by atoms with E-state index in [0.29, 0.717) is 12.2 Å². The first-order valence-electron chi connectivity index (χ1n) is 8.22. The van der Waals surface area contributed by atoms with Gasteiger partial charge in [0.15, 0.2) is 0 Å². The fourth-order valence-electron chi connectivity index (χ4n) is 2.49. The van der Waals surface area contributed by atoms with Crippen LogP contribution in [0.15, 0.2) is 59.1 Å². The molecular weight excluding hydrogens is 316 g/mol. The van der Waals surface area contributed by atoms with Crippen LogP contribution in [0.3, 0.4) is 0 Å². The molecule has 1 heterocycles. The highest BCUT2D eigenvalue weighted by atomic mass is 16.5. The number of carbonyl (C=O) groups excluding carboxylic acids is 1. The Labute approximate surface area is 146 Å². The Bertz CT molecular complexity index is 836. The fraction of sp³-hybridized carbons (Fsp3) is 0.200. The van der Waals surface area contributed by atoms with Gasteiger partial charge in [0.05, 0.1) is 0 Å². The lowest BCUT2D eigenvalue weighted by Gasteiger charge is -2.03. The standard InChI is InChI=1S/C20H20N2O3/c1-14-4-8-16(9-5-14)18-13-19(25-22-18)20(24)21-12-2-3-15-6-10-17(23)11-7-15/h4-11,13,23H,2-3,12H2,1H3,(H,21,24). The molecule has 0 aliphatic heterocycles. The summed E-state index contributed by atoms with van der Waals surface area (Å²) in [5.41, 5.74) is 3.85. The van der Waals surface area contributed by atoms with E-state index >= 15 is 0 Å². The zero-order valence-corrected chi connectivity index (χ0v) is 14.0. The van der Waals surface area contributed by atoms with Crippen molar-refractivity contribution in [3.05, 3.63) is 71.5 Å². The molecule has 25 heavy (non-hydrogen) atoms. The Hall–Kier alpha value is -3.08. The third-order valence-electron chi connectivity index (χ3n) is 3.95. The number of amides is 1. The molecule has 2 N–H and O–H groups in total. The smallest absolute Gasteiger partial charge is 0.289 e. The minimum absolute atomic E-state index is 0.209. The van der Waals surface area contributed by atoms with Crippen molar-refractivity contribution in [3.8, 4) is 17.0 Å². The van der Waals surface area contributed by atoms with Crippen LogP contribution >= 0.6 is 0 Å². The van der Waals surface area contributed by atoms with Crippen molar-refractivity contribution >= 4 is 5.91 Å². The van der Waals surface area contributed by atoms with Crippen LogP contribution in [0.25, 0.3) is 11.3 Å². The van der Waals surface area contributed by atoms with Gasteiger partial charge in [-0.25, -0.2) is 0 Å². The summed E-state index contributed by atoms with van der Waals surface area (Å²) in [6.45, 7) is 2.56. The van der Waals surface area contributed by atoms with Gasteiger partial charge in [0.1, 0.15) is 11.4 Å². The molecule has 0 spiro atoms. The second-order valence-corrected chi connectivity index (χ2v) is 5.97. The number of hydrogen-bond donors (Lipinski definition) is 2. The lowest BCUT2D eigenvalue weighted by Crippen LogP contribution is -2.24. The molecule has 0 saturated heterocycles. The predicted octanol–water partition coefficient (Wildman–Crippen LogP) is 3.72. The Balaban J connectivity index is 1.50. The number of benzene rings is 2. The summed E-state index contributed by atoms with van der Waals surface area (Å²) in [4.78, 5) is 12.1. The molecule has 5 heteroatoms. The maximum absolute atomic E-state index is 12.1. The van der Waals surface area contributed by atoms with Gasteiger partial charge in [-0.3, -0.25) is 4.79 Å². The topological polar surface area (TPSA) is 75.4 Å². The summed E-state index contributed by atoms with van der Waals surface area (Å²) in [5.74, 6) is 0.198. The third kappa shape index (κ3) is 4.47. The van der Waals surface area contributed by atoms with Crippen LogP contribution in [0, 0.1) is 6.92 Å². The van der Waals surface area contributed by atoms with E-state index < -0.39 is 0 Å². The highest BCUT2D eigenvalue weighted by Gasteiger charge is 2.13. The predicted molar refractivity (Wildman–Crippen MR) is 95.4 cm³/mol. The van der Waals surface area contributed by atoms with Gasteiger partial charge in [-0.1, -0.05) is 47.1 Å². The quantitative estimate of drug-likeness (QED) is 0.673. The Kier molecular flexibility index (Phi) is 5.14. The molecule has 128 valence electrons. The number of rotatable bonds is 6. The first-order valence-corrected chi connectivity index (χ1v) is 8.22. The van der Waals surface area contributed by atoms with Crippen molar-refractivity contribution in [2.45, 2.75) is 19.8 Å². The molecule has 0 radical (unpaired) electrons. The second-order valence-electron chi connectivity index (χ2n) is 5.97. The summed E-state index contributed by atoms with van der Waals surface area (Å²) >= 11 is 0. The van der Waals surface area contributed by atoms with Crippen LogP contribution in [0.2, 0.25) is 0 Å². The van der Waals surface area contributed by atoms with Gasteiger partial charge in [0, 0.05) is 18.2 Å². The summed E-state index contributed by atoms with van der Waals surface area (Å²) < 4.78 is 5.15. The molecule has 1 amide bonds. The van der Waals surface area contributed by atoms with Crippen molar-refractivity contribution in [2.24, 2.45) is 0 Å². The van der Waals surface area contributed by atoms with E-state index in [1.54, 1.807) is 18.2 Å². The van der Waals surface area contributed by atoms with Gasteiger partial charge < -0.3 is 14.9 Å². The average Bonchev–Trinajstić information content (AvgIpc) is 3.11. The van der Waals surface area contributed by atoms with Gasteiger partial charge in [0.2, 0.25) is 5.76 Å². The van der Waals surface area contributed by atoms with Crippen LogP contribution in [0.5, 0.6) is 5.75 Å². The number of nitrogens with zero attached hydrogens (tertiary/aromatic N) is 1. The zero-order chi connectivity index (χ0) is 17.6. The van der Waals surface area contributed by atoms with E-state index in [-0.39, 0.29) is 17.4 Å². The summed E-state index contributed by atoms with van der Waals surface area (Å²) in [7, 11) is 0. The Morgan fingerprint density at radius 1 is 1.12 bits per heavy atom. The highest BCUT2D eigenvalue weighted by molar-refractivity contribution is 5.92. The molecule has 2 aromatic carbocycles. The van der Waals surface area contributed by atoms with Crippen molar-refractivity contribution in [1.82, 2.24) is 10.5 Å². The maximum atomic E-state index is 12.1. The van der Waals surface area contributed by atoms with Crippen molar-refractivity contribution < 1.29 is 14.4 Å². The van der Waals surface area contributed by atoms with E-state index in [1.807, 2.05) is 43.3 Å². The Morgan fingerprint density at radius 2 is 1.84 bits per heavy atom. The van der Waals surface area contributed by atoms with Crippen LogP contribution in [0.4, 0.5) is 0 Å². The minimum Gasteiger partial charge on any atom is -0.508 e. The maximum Gasteiger partial charge on any atom is 0.289 e. The van der Waals surface area contributed by atoms with Crippen molar-refractivity contribution in [3.63, 3.8) is 0 Å². The van der Waals surface area contributed by atoms with Crippen LogP contribution < -0.4 is 5.32 Å². The van der Waals surface area contributed by atoms with Crippen LogP contribution in [-0.4, -0.2) is 22.7 Å². The molecule has 0 aliphatic rings. The molecular formula is C20H20N2O3. The molecule has 0 bridgehead atoms. The number of aryl methyl sites for hydroxylation is 2. The number of phenolic OH excluding ortho intramolecular Hbond substituents is 1. The monoisotopic (exact) mass is 336 g/mol. The largest absolute Gasteiger partial charge is 0.508 e. The molecule has 3 aromatic rings. The summed E-state index contributed by atoms with van der Waals surface area (Å²) in [6, 6.07) is 16.6. The number of nitrogens with one attached hydrogen (secondary N) is 1. The van der Waals surface area contributed by atoms with E-state index in [4.69, 9.17) is 4.52 Å². The third-order valence-corrected chi connectivity index (χ3v) is 3.95. The van der Waals surface area contributed by atoms with Gasteiger partial charge >= 0.3 is 0 Å². The van der Waals surface area contributed by atoms with Gasteiger partial charge in [0.25, 0.3) is 5.91 Å². The zero-order valence-electron chi connectivity index (χ0n) is 14.0. The lowest BCUT2D eigenvalue weighted by molar-refractivity contribution is 0.0916. The summed E-state index contributed by atoms with van der Waals surface area (Å²) in [6.07, 6.45) is 1.63. The second kappa shape index (κ2) is 7.66. The minimum atomic E-state index is -0.267. The molecule has 1 aromatic heterocycles. The van der Waals surface area contributed by atoms with E-state index in [2.05, 4.69) is 10.5 Å². The Morgan fingerprint density at radius 3 is 2.56 bits per heavy atom. The van der Waals surface area contributed by atoms with Crippen molar-refractivity contribution in [2.75, 3.05) is 6.54 Å². The van der Waals surface area contributed by atoms with E-state index in [1.165, 1.54) is 5.56 Å². The average molecular weight is 336 g/mol. The SMILES string of the molecule is Cc1ccc(-c2cc(C(=O)NCCCc3ccc(O)cc3)on2)cc1. The number of carbonyl (C=O) groups is 1. The van der Waals surface area contributed by atoms with Crippen LogP contribution in [0.1, 0.15) is 28.1 Å². The molecule has 0 atom stereocenters. The molecule has 0 unspecified atom stereocenters. The fourth-order valence-corrected chi connectivity index (χ4v) is 2.49. The van der Waals surface area contributed by atoms with E-state index in [0.717, 1.165) is 24.0 Å². The molecule has 3 rings (SSSR count). The number of aromatic nitrogens is 1.